The first-order valence-electron chi connectivity index (χ1n) is 6.06. The molecular weight excluding hydrogens is 156 g/mol. The van der Waals surface area contributed by atoms with Crippen LogP contribution < -0.4 is 0 Å². The zero-order chi connectivity index (χ0) is 9.68. The van der Waals surface area contributed by atoms with Crippen LogP contribution in [0.5, 0.6) is 0 Å². The maximum Gasteiger partial charge on any atom is -0.0292 e. The zero-order valence-electron chi connectivity index (χ0n) is 9.53. The van der Waals surface area contributed by atoms with Gasteiger partial charge < -0.3 is 0 Å². The minimum absolute atomic E-state index is 0.979. The summed E-state index contributed by atoms with van der Waals surface area (Å²) in [5, 5.41) is 0. The third-order valence-electron chi connectivity index (χ3n) is 3.24. The van der Waals surface area contributed by atoms with Gasteiger partial charge in [-0.3, -0.25) is 0 Å². The van der Waals surface area contributed by atoms with E-state index in [1.807, 2.05) is 25.0 Å². The molecule has 76 valence electrons. The molecule has 0 saturated carbocycles. The molecule has 0 spiro atoms. The molecule has 0 N–H and O–H groups in total. The summed E-state index contributed by atoms with van der Waals surface area (Å²) in [6.45, 7) is 6.40. The summed E-state index contributed by atoms with van der Waals surface area (Å²) in [5.74, 6) is 0.979. The zero-order valence-corrected chi connectivity index (χ0v) is 9.53. The first-order chi connectivity index (χ1) is 6.36. The van der Waals surface area contributed by atoms with Crippen LogP contribution in [0.1, 0.15) is 65.7 Å². The van der Waals surface area contributed by atoms with Gasteiger partial charge in [-0.05, 0) is 50.9 Å². The standard InChI is InChI=1S/C11H18.C2H6/c1-9-6-7-10-4-2-3-5-11(10)8-9;1-2/h9H,2-8H2,1H3;1-2H3. The Labute approximate surface area is 83.4 Å². The van der Waals surface area contributed by atoms with E-state index >= 15 is 0 Å². The lowest BCUT2D eigenvalue weighted by Crippen LogP contribution is -2.10. The molecule has 0 nitrogen and oxygen atoms in total. The smallest absolute Gasteiger partial charge is 0.0292 e. The summed E-state index contributed by atoms with van der Waals surface area (Å²) in [4.78, 5) is 0. The van der Waals surface area contributed by atoms with Crippen molar-refractivity contribution in [1.82, 2.24) is 0 Å². The Kier molecular flexibility index (Phi) is 4.55. The predicted octanol–water partition coefficient (Wildman–Crippen LogP) is 4.70. The van der Waals surface area contributed by atoms with Crippen LogP contribution >= 0.6 is 0 Å². The highest BCUT2D eigenvalue weighted by Gasteiger charge is 2.19. The molecule has 1 atom stereocenters. The normalized spacial score (nSPS) is 27.5. The van der Waals surface area contributed by atoms with Gasteiger partial charge in [0.1, 0.15) is 0 Å². The van der Waals surface area contributed by atoms with E-state index in [0.29, 0.717) is 0 Å². The van der Waals surface area contributed by atoms with Gasteiger partial charge in [0.2, 0.25) is 0 Å². The van der Waals surface area contributed by atoms with Crippen molar-refractivity contribution in [2.75, 3.05) is 0 Å². The molecule has 0 aromatic heterocycles. The molecule has 2 aliphatic rings. The summed E-state index contributed by atoms with van der Waals surface area (Å²) >= 11 is 0. The Bertz CT molecular complexity index is 176. The van der Waals surface area contributed by atoms with Gasteiger partial charge in [0.25, 0.3) is 0 Å². The van der Waals surface area contributed by atoms with Crippen molar-refractivity contribution in [1.29, 1.82) is 0 Å². The maximum absolute atomic E-state index is 2.40. The van der Waals surface area contributed by atoms with Crippen LogP contribution in [0.4, 0.5) is 0 Å². The molecule has 0 bridgehead atoms. The molecule has 0 aliphatic heterocycles. The first-order valence-corrected chi connectivity index (χ1v) is 6.06. The highest BCUT2D eigenvalue weighted by molar-refractivity contribution is 5.19. The van der Waals surface area contributed by atoms with E-state index in [-0.39, 0.29) is 0 Å². The van der Waals surface area contributed by atoms with Gasteiger partial charge in [-0.25, -0.2) is 0 Å². The Balaban J connectivity index is 0.000000396. The quantitative estimate of drug-likeness (QED) is 0.474. The minimum Gasteiger partial charge on any atom is -0.0710 e. The molecule has 1 unspecified atom stereocenters. The third-order valence-corrected chi connectivity index (χ3v) is 3.24. The second kappa shape index (κ2) is 5.47. The minimum atomic E-state index is 0.979. The monoisotopic (exact) mass is 180 g/mol. The van der Waals surface area contributed by atoms with Crippen molar-refractivity contribution >= 4 is 0 Å². The van der Waals surface area contributed by atoms with Gasteiger partial charge >= 0.3 is 0 Å². The molecule has 0 amide bonds. The van der Waals surface area contributed by atoms with Crippen molar-refractivity contribution in [2.24, 2.45) is 5.92 Å². The van der Waals surface area contributed by atoms with E-state index in [1.165, 1.54) is 44.9 Å². The molecule has 0 aromatic carbocycles. The van der Waals surface area contributed by atoms with Crippen molar-refractivity contribution in [3.8, 4) is 0 Å². The lowest BCUT2D eigenvalue weighted by Gasteiger charge is -2.28. The van der Waals surface area contributed by atoms with Gasteiger partial charge in [0.05, 0.1) is 0 Å². The molecule has 0 fully saturated rings. The second-order valence-corrected chi connectivity index (χ2v) is 4.26. The highest BCUT2D eigenvalue weighted by atomic mass is 14.2. The number of hydrogen-bond acceptors (Lipinski definition) is 0. The van der Waals surface area contributed by atoms with Crippen molar-refractivity contribution in [3.63, 3.8) is 0 Å². The van der Waals surface area contributed by atoms with E-state index < -0.39 is 0 Å². The summed E-state index contributed by atoms with van der Waals surface area (Å²) in [6.07, 6.45) is 10.1. The topological polar surface area (TPSA) is 0 Å². The first kappa shape index (κ1) is 10.8. The highest BCUT2D eigenvalue weighted by Crippen LogP contribution is 2.37. The van der Waals surface area contributed by atoms with Crippen LogP contribution in [0.25, 0.3) is 0 Å². The van der Waals surface area contributed by atoms with Crippen LogP contribution in [0, 0.1) is 5.92 Å². The molecule has 0 heterocycles. The molecule has 0 radical (unpaired) electrons. The maximum atomic E-state index is 2.40. The van der Waals surface area contributed by atoms with Crippen LogP contribution in [-0.2, 0) is 0 Å². The average molecular weight is 180 g/mol. The lowest BCUT2D eigenvalue weighted by molar-refractivity contribution is 0.454. The molecule has 2 rings (SSSR count). The summed E-state index contributed by atoms with van der Waals surface area (Å²) in [6, 6.07) is 0. The predicted molar refractivity (Wildman–Crippen MR) is 59.9 cm³/mol. The fourth-order valence-electron chi connectivity index (χ4n) is 2.52. The van der Waals surface area contributed by atoms with Gasteiger partial charge in [-0.15, -0.1) is 0 Å². The fraction of sp³-hybridized carbons (Fsp3) is 0.846. The Morgan fingerprint density at radius 3 is 2.23 bits per heavy atom. The van der Waals surface area contributed by atoms with Gasteiger partial charge in [0.15, 0.2) is 0 Å². The van der Waals surface area contributed by atoms with Crippen molar-refractivity contribution in [2.45, 2.75) is 65.7 Å². The number of rotatable bonds is 0. The number of hydrogen-bond donors (Lipinski definition) is 0. The van der Waals surface area contributed by atoms with Crippen LogP contribution in [0.2, 0.25) is 0 Å². The molecule has 0 saturated heterocycles. The molecule has 0 heteroatoms. The third kappa shape index (κ3) is 2.86. The van der Waals surface area contributed by atoms with Gasteiger partial charge in [-0.1, -0.05) is 31.9 Å². The van der Waals surface area contributed by atoms with Crippen LogP contribution in [0.15, 0.2) is 11.1 Å². The van der Waals surface area contributed by atoms with Crippen molar-refractivity contribution in [3.05, 3.63) is 11.1 Å². The van der Waals surface area contributed by atoms with E-state index in [4.69, 9.17) is 0 Å². The Morgan fingerprint density at radius 1 is 0.923 bits per heavy atom. The average Bonchev–Trinajstić information content (AvgIpc) is 2.21. The SMILES string of the molecule is CC.CC1CCC2=C(CCCC2)C1. The van der Waals surface area contributed by atoms with Crippen LogP contribution in [-0.4, -0.2) is 0 Å². The van der Waals surface area contributed by atoms with Crippen LogP contribution in [0.3, 0.4) is 0 Å². The summed E-state index contributed by atoms with van der Waals surface area (Å²) in [5.41, 5.74) is 3.68. The Morgan fingerprint density at radius 2 is 1.54 bits per heavy atom. The van der Waals surface area contributed by atoms with Gasteiger partial charge in [0, 0.05) is 0 Å². The molecule has 0 aromatic rings. The van der Waals surface area contributed by atoms with Crippen molar-refractivity contribution < 1.29 is 0 Å². The van der Waals surface area contributed by atoms with E-state index in [2.05, 4.69) is 6.92 Å². The molecular formula is C13H24. The molecule has 13 heavy (non-hydrogen) atoms. The van der Waals surface area contributed by atoms with Gasteiger partial charge in [-0.2, -0.15) is 0 Å². The fourth-order valence-corrected chi connectivity index (χ4v) is 2.52. The van der Waals surface area contributed by atoms with E-state index in [9.17, 15) is 0 Å². The molecule has 2 aliphatic carbocycles. The van der Waals surface area contributed by atoms with E-state index in [0.717, 1.165) is 5.92 Å². The number of allylic oxidation sites excluding steroid dienone is 2. The largest absolute Gasteiger partial charge is 0.0710 e. The Hall–Kier alpha value is -0.260. The summed E-state index contributed by atoms with van der Waals surface area (Å²) in [7, 11) is 0. The lowest BCUT2D eigenvalue weighted by atomic mass is 9.78. The summed E-state index contributed by atoms with van der Waals surface area (Å²) < 4.78 is 0. The second-order valence-electron chi connectivity index (χ2n) is 4.26. The van der Waals surface area contributed by atoms with E-state index in [1.54, 1.807) is 0 Å².